The Kier molecular flexibility index (Phi) is 3.34. The Morgan fingerprint density at radius 1 is 1.55 bits per heavy atom. The summed E-state index contributed by atoms with van der Waals surface area (Å²) in [6, 6.07) is 0. The van der Waals surface area contributed by atoms with Gasteiger partial charge in [0, 0.05) is 0 Å². The topological polar surface area (TPSA) is 46.2 Å². The maximum Gasteiger partial charge on any atom is 0.0577 e. The second kappa shape index (κ2) is 4.07. The van der Waals surface area contributed by atoms with E-state index in [9.17, 15) is 5.11 Å². The molecule has 1 aliphatic carbocycles. The lowest BCUT2D eigenvalue weighted by molar-refractivity contribution is 0.107. The van der Waals surface area contributed by atoms with Crippen molar-refractivity contribution in [2.24, 2.45) is 17.6 Å². The van der Waals surface area contributed by atoms with Crippen LogP contribution < -0.4 is 5.73 Å². The van der Waals surface area contributed by atoms with Crippen LogP contribution in [0.15, 0.2) is 0 Å². The third kappa shape index (κ3) is 3.21. The number of hydrogen-bond acceptors (Lipinski definition) is 2. The van der Waals surface area contributed by atoms with E-state index in [0.29, 0.717) is 6.54 Å². The fraction of sp³-hybridized carbons (Fsp3) is 1.00. The molecule has 11 heavy (non-hydrogen) atoms. The van der Waals surface area contributed by atoms with Crippen LogP contribution in [-0.2, 0) is 0 Å². The predicted octanol–water partition coefficient (Wildman–Crippen LogP) is 1.13. The summed E-state index contributed by atoms with van der Waals surface area (Å²) in [4.78, 5) is 0. The Balaban J connectivity index is 2.03. The highest BCUT2D eigenvalue weighted by Crippen LogP contribution is 2.34. The Morgan fingerprint density at radius 2 is 2.18 bits per heavy atom. The first kappa shape index (κ1) is 9.01. The van der Waals surface area contributed by atoms with Gasteiger partial charge in [-0.25, -0.2) is 0 Å². The van der Waals surface area contributed by atoms with E-state index in [1.54, 1.807) is 0 Å². The Labute approximate surface area is 68.8 Å². The molecule has 0 aromatic carbocycles. The quantitative estimate of drug-likeness (QED) is 0.628. The molecular formula is C9H19NO. The molecule has 3 N–H and O–H groups in total. The van der Waals surface area contributed by atoms with Crippen molar-refractivity contribution >= 4 is 0 Å². The molecule has 0 spiro atoms. The van der Waals surface area contributed by atoms with Crippen LogP contribution in [-0.4, -0.2) is 17.8 Å². The first-order valence-electron chi connectivity index (χ1n) is 4.62. The van der Waals surface area contributed by atoms with Crippen LogP contribution in [0.25, 0.3) is 0 Å². The minimum Gasteiger partial charge on any atom is -0.393 e. The van der Waals surface area contributed by atoms with Crippen molar-refractivity contribution in [3.8, 4) is 0 Å². The van der Waals surface area contributed by atoms with Crippen LogP contribution in [0.2, 0.25) is 0 Å². The van der Waals surface area contributed by atoms with Gasteiger partial charge in [0.1, 0.15) is 0 Å². The number of hydrogen-bond donors (Lipinski definition) is 2. The second-order valence-corrected chi connectivity index (χ2v) is 3.80. The summed E-state index contributed by atoms with van der Waals surface area (Å²) >= 11 is 0. The molecule has 2 unspecified atom stereocenters. The summed E-state index contributed by atoms with van der Waals surface area (Å²) in [5, 5.41) is 9.51. The van der Waals surface area contributed by atoms with Gasteiger partial charge in [0.25, 0.3) is 0 Å². The van der Waals surface area contributed by atoms with E-state index in [2.05, 4.69) is 0 Å². The van der Waals surface area contributed by atoms with Crippen LogP contribution in [0.5, 0.6) is 0 Å². The molecular weight excluding hydrogens is 138 g/mol. The largest absolute Gasteiger partial charge is 0.393 e. The summed E-state index contributed by atoms with van der Waals surface area (Å²) in [6.45, 7) is 2.61. The Bertz CT molecular complexity index is 112. The standard InChI is InChI=1S/C9H19NO/c1-7(6-10)9(11)5-4-8-2-3-8/h7-9,11H,2-6,10H2,1H3. The van der Waals surface area contributed by atoms with E-state index in [1.165, 1.54) is 19.3 Å². The molecule has 0 amide bonds. The first-order valence-corrected chi connectivity index (χ1v) is 4.62. The smallest absolute Gasteiger partial charge is 0.0577 e. The molecule has 1 fully saturated rings. The molecule has 66 valence electrons. The molecule has 0 aromatic rings. The zero-order valence-electron chi connectivity index (χ0n) is 7.29. The average molecular weight is 157 g/mol. The van der Waals surface area contributed by atoms with Crippen molar-refractivity contribution < 1.29 is 5.11 Å². The molecule has 1 rings (SSSR count). The normalized spacial score (nSPS) is 23.2. The van der Waals surface area contributed by atoms with Gasteiger partial charge in [-0.15, -0.1) is 0 Å². The van der Waals surface area contributed by atoms with Gasteiger partial charge in [-0.1, -0.05) is 19.8 Å². The third-order valence-electron chi connectivity index (χ3n) is 2.60. The molecule has 2 atom stereocenters. The van der Waals surface area contributed by atoms with Crippen LogP contribution in [0.1, 0.15) is 32.6 Å². The van der Waals surface area contributed by atoms with E-state index < -0.39 is 0 Å². The molecule has 0 radical (unpaired) electrons. The second-order valence-electron chi connectivity index (χ2n) is 3.80. The fourth-order valence-electron chi connectivity index (χ4n) is 1.25. The van der Waals surface area contributed by atoms with Crippen molar-refractivity contribution in [1.82, 2.24) is 0 Å². The van der Waals surface area contributed by atoms with Gasteiger partial charge in [-0.2, -0.15) is 0 Å². The van der Waals surface area contributed by atoms with Gasteiger partial charge in [0.05, 0.1) is 6.10 Å². The predicted molar refractivity (Wildman–Crippen MR) is 46.2 cm³/mol. The molecule has 0 aliphatic heterocycles. The van der Waals surface area contributed by atoms with Crippen molar-refractivity contribution in [1.29, 1.82) is 0 Å². The highest BCUT2D eigenvalue weighted by Gasteiger charge is 2.23. The van der Waals surface area contributed by atoms with Crippen molar-refractivity contribution in [3.05, 3.63) is 0 Å². The zero-order chi connectivity index (χ0) is 8.27. The molecule has 1 saturated carbocycles. The van der Waals surface area contributed by atoms with Crippen LogP contribution in [0.3, 0.4) is 0 Å². The lowest BCUT2D eigenvalue weighted by Crippen LogP contribution is -2.25. The van der Waals surface area contributed by atoms with E-state index in [0.717, 1.165) is 12.3 Å². The highest BCUT2D eigenvalue weighted by atomic mass is 16.3. The lowest BCUT2D eigenvalue weighted by atomic mass is 9.99. The monoisotopic (exact) mass is 157 g/mol. The lowest BCUT2D eigenvalue weighted by Gasteiger charge is -2.16. The number of nitrogens with two attached hydrogens (primary N) is 1. The molecule has 2 heteroatoms. The molecule has 0 aromatic heterocycles. The van der Waals surface area contributed by atoms with Crippen LogP contribution in [0, 0.1) is 11.8 Å². The molecule has 0 bridgehead atoms. The summed E-state index contributed by atoms with van der Waals surface area (Å²) in [5.74, 6) is 1.20. The van der Waals surface area contributed by atoms with E-state index in [-0.39, 0.29) is 12.0 Å². The first-order chi connectivity index (χ1) is 5.24. The van der Waals surface area contributed by atoms with Gasteiger partial charge in [-0.05, 0) is 31.2 Å². The summed E-state index contributed by atoms with van der Waals surface area (Å²) in [7, 11) is 0. The number of aliphatic hydroxyl groups is 1. The average Bonchev–Trinajstić information content (AvgIpc) is 2.81. The van der Waals surface area contributed by atoms with Crippen molar-refractivity contribution in [2.75, 3.05) is 6.54 Å². The SMILES string of the molecule is CC(CN)C(O)CCC1CC1. The van der Waals surface area contributed by atoms with Gasteiger partial charge < -0.3 is 10.8 Å². The minimum absolute atomic E-state index is 0.166. The molecule has 0 heterocycles. The van der Waals surface area contributed by atoms with E-state index in [4.69, 9.17) is 5.73 Å². The molecule has 2 nitrogen and oxygen atoms in total. The van der Waals surface area contributed by atoms with Gasteiger partial charge >= 0.3 is 0 Å². The summed E-state index contributed by atoms with van der Waals surface area (Å²) in [5.41, 5.74) is 5.43. The number of aliphatic hydroxyl groups excluding tert-OH is 1. The van der Waals surface area contributed by atoms with Gasteiger partial charge in [-0.3, -0.25) is 0 Å². The number of rotatable bonds is 5. The Morgan fingerprint density at radius 3 is 2.64 bits per heavy atom. The molecule has 1 aliphatic rings. The summed E-state index contributed by atoms with van der Waals surface area (Å²) in [6.07, 6.45) is 4.74. The van der Waals surface area contributed by atoms with Crippen LogP contribution in [0.4, 0.5) is 0 Å². The third-order valence-corrected chi connectivity index (χ3v) is 2.60. The zero-order valence-corrected chi connectivity index (χ0v) is 7.29. The van der Waals surface area contributed by atoms with Gasteiger partial charge in [0.15, 0.2) is 0 Å². The minimum atomic E-state index is -0.166. The van der Waals surface area contributed by atoms with Gasteiger partial charge in [0.2, 0.25) is 0 Å². The maximum atomic E-state index is 9.51. The van der Waals surface area contributed by atoms with Crippen molar-refractivity contribution in [2.45, 2.75) is 38.7 Å². The van der Waals surface area contributed by atoms with Crippen molar-refractivity contribution in [3.63, 3.8) is 0 Å². The van der Waals surface area contributed by atoms with E-state index >= 15 is 0 Å². The van der Waals surface area contributed by atoms with Crippen LogP contribution >= 0.6 is 0 Å². The fourth-order valence-corrected chi connectivity index (χ4v) is 1.25. The highest BCUT2D eigenvalue weighted by molar-refractivity contribution is 4.75. The summed E-state index contributed by atoms with van der Waals surface area (Å²) < 4.78 is 0. The maximum absolute atomic E-state index is 9.51. The van der Waals surface area contributed by atoms with E-state index in [1.807, 2.05) is 6.92 Å². The Hall–Kier alpha value is -0.0800. The molecule has 0 saturated heterocycles.